The van der Waals surface area contributed by atoms with Gasteiger partial charge in [0.2, 0.25) is 0 Å². The average molecular weight is 232 g/mol. The molecule has 1 aliphatic heterocycles. The third-order valence-corrected chi connectivity index (χ3v) is 3.11. The standard InChI is InChI=1S/C10H12N6O/c17-7-8-3-5-15(6-4-8)10-2-1-9-11-13-14-16(9)12-10/h1-2,7-8H,3-6H2. The molecule has 1 aliphatic rings. The quantitative estimate of drug-likeness (QED) is 0.675. The van der Waals surface area contributed by atoms with Gasteiger partial charge in [0.1, 0.15) is 6.29 Å². The molecule has 0 unspecified atom stereocenters. The molecule has 88 valence electrons. The first kappa shape index (κ1) is 10.1. The Balaban J connectivity index is 1.81. The Hall–Kier alpha value is -2.05. The second-order valence-corrected chi connectivity index (χ2v) is 4.18. The number of aldehydes is 1. The molecule has 0 aliphatic carbocycles. The van der Waals surface area contributed by atoms with Crippen LogP contribution in [0.4, 0.5) is 5.82 Å². The van der Waals surface area contributed by atoms with Gasteiger partial charge in [-0.1, -0.05) is 0 Å². The number of hydrogen-bond acceptors (Lipinski definition) is 6. The maximum atomic E-state index is 10.7. The second-order valence-electron chi connectivity index (χ2n) is 4.18. The molecule has 1 fully saturated rings. The van der Waals surface area contributed by atoms with Crippen molar-refractivity contribution >= 4 is 17.8 Å². The Labute approximate surface area is 97.4 Å². The molecule has 17 heavy (non-hydrogen) atoms. The molecule has 0 spiro atoms. The predicted molar refractivity (Wildman–Crippen MR) is 59.6 cm³/mol. The van der Waals surface area contributed by atoms with Crippen LogP contribution in [0.5, 0.6) is 0 Å². The van der Waals surface area contributed by atoms with Gasteiger partial charge in [0.05, 0.1) is 0 Å². The summed E-state index contributed by atoms with van der Waals surface area (Å²) in [6.07, 6.45) is 2.83. The normalized spacial score (nSPS) is 17.5. The van der Waals surface area contributed by atoms with Crippen molar-refractivity contribution in [2.24, 2.45) is 5.92 Å². The Morgan fingerprint density at radius 2 is 2.12 bits per heavy atom. The minimum absolute atomic E-state index is 0.197. The van der Waals surface area contributed by atoms with Crippen molar-refractivity contribution in [1.82, 2.24) is 25.3 Å². The molecule has 1 saturated heterocycles. The zero-order chi connectivity index (χ0) is 11.7. The maximum absolute atomic E-state index is 10.7. The number of rotatable bonds is 2. The monoisotopic (exact) mass is 232 g/mol. The summed E-state index contributed by atoms with van der Waals surface area (Å²) in [7, 11) is 0. The molecule has 3 rings (SSSR count). The molecule has 3 heterocycles. The highest BCUT2D eigenvalue weighted by atomic mass is 16.1. The molecular weight excluding hydrogens is 220 g/mol. The van der Waals surface area contributed by atoms with Crippen LogP contribution in [0.1, 0.15) is 12.8 Å². The van der Waals surface area contributed by atoms with Gasteiger partial charge in [0, 0.05) is 19.0 Å². The maximum Gasteiger partial charge on any atom is 0.200 e. The van der Waals surface area contributed by atoms with Crippen molar-refractivity contribution in [1.29, 1.82) is 0 Å². The largest absolute Gasteiger partial charge is 0.355 e. The van der Waals surface area contributed by atoms with E-state index in [4.69, 9.17) is 0 Å². The first-order valence-electron chi connectivity index (χ1n) is 5.62. The van der Waals surface area contributed by atoms with E-state index in [0.717, 1.165) is 38.0 Å². The number of tetrazole rings is 1. The lowest BCUT2D eigenvalue weighted by molar-refractivity contribution is -0.111. The number of anilines is 1. The SMILES string of the molecule is O=CC1CCN(c2ccc3nnnn3n2)CC1. The number of nitrogens with zero attached hydrogens (tertiary/aromatic N) is 6. The highest BCUT2D eigenvalue weighted by molar-refractivity contribution is 5.54. The lowest BCUT2D eigenvalue weighted by Crippen LogP contribution is -2.34. The van der Waals surface area contributed by atoms with E-state index >= 15 is 0 Å². The topological polar surface area (TPSA) is 76.3 Å². The molecule has 2 aromatic rings. The number of fused-ring (bicyclic) bond motifs is 1. The van der Waals surface area contributed by atoms with Gasteiger partial charge in [-0.3, -0.25) is 0 Å². The van der Waals surface area contributed by atoms with Crippen LogP contribution in [0.3, 0.4) is 0 Å². The number of hydrogen-bond donors (Lipinski definition) is 0. The van der Waals surface area contributed by atoms with E-state index < -0.39 is 0 Å². The summed E-state index contributed by atoms with van der Waals surface area (Å²) in [4.78, 5) is 12.8. The van der Waals surface area contributed by atoms with Crippen LogP contribution in [-0.4, -0.2) is 44.6 Å². The number of aromatic nitrogens is 5. The van der Waals surface area contributed by atoms with E-state index in [1.807, 2.05) is 12.1 Å². The minimum Gasteiger partial charge on any atom is -0.355 e. The van der Waals surface area contributed by atoms with Crippen molar-refractivity contribution in [3.05, 3.63) is 12.1 Å². The number of piperidine rings is 1. The molecule has 7 heteroatoms. The lowest BCUT2D eigenvalue weighted by Gasteiger charge is -2.30. The fourth-order valence-electron chi connectivity index (χ4n) is 2.07. The molecule has 0 amide bonds. The molecule has 0 aromatic carbocycles. The van der Waals surface area contributed by atoms with Crippen molar-refractivity contribution in [2.45, 2.75) is 12.8 Å². The third kappa shape index (κ3) is 1.83. The van der Waals surface area contributed by atoms with Crippen molar-refractivity contribution in [3.8, 4) is 0 Å². The third-order valence-electron chi connectivity index (χ3n) is 3.11. The zero-order valence-electron chi connectivity index (χ0n) is 9.23. The molecule has 0 bridgehead atoms. The number of carbonyl (C=O) groups excluding carboxylic acids is 1. The van der Waals surface area contributed by atoms with E-state index in [2.05, 4.69) is 25.5 Å². The molecule has 0 radical (unpaired) electrons. The van der Waals surface area contributed by atoms with Gasteiger partial charge < -0.3 is 9.69 Å². The van der Waals surface area contributed by atoms with Gasteiger partial charge in [-0.2, -0.15) is 0 Å². The summed E-state index contributed by atoms with van der Waals surface area (Å²) >= 11 is 0. The van der Waals surface area contributed by atoms with Crippen LogP contribution in [0, 0.1) is 5.92 Å². The Morgan fingerprint density at radius 1 is 1.29 bits per heavy atom. The number of carbonyl (C=O) groups is 1. The van der Waals surface area contributed by atoms with Crippen LogP contribution in [0.2, 0.25) is 0 Å². The summed E-state index contributed by atoms with van der Waals surface area (Å²) in [5.41, 5.74) is 0.636. The van der Waals surface area contributed by atoms with Crippen LogP contribution < -0.4 is 4.90 Å². The van der Waals surface area contributed by atoms with Gasteiger partial charge >= 0.3 is 0 Å². The van der Waals surface area contributed by atoms with Crippen LogP contribution in [0.25, 0.3) is 5.65 Å². The van der Waals surface area contributed by atoms with Gasteiger partial charge in [0.15, 0.2) is 11.5 Å². The van der Waals surface area contributed by atoms with Gasteiger partial charge in [-0.05, 0) is 35.4 Å². The van der Waals surface area contributed by atoms with Crippen LogP contribution in [0.15, 0.2) is 12.1 Å². The summed E-state index contributed by atoms with van der Waals surface area (Å²) in [6.45, 7) is 1.70. The van der Waals surface area contributed by atoms with Crippen molar-refractivity contribution in [3.63, 3.8) is 0 Å². The molecule has 0 atom stereocenters. The first-order valence-corrected chi connectivity index (χ1v) is 5.62. The fraction of sp³-hybridized carbons (Fsp3) is 0.500. The molecule has 2 aromatic heterocycles. The van der Waals surface area contributed by atoms with E-state index in [-0.39, 0.29) is 5.92 Å². The highest BCUT2D eigenvalue weighted by Gasteiger charge is 2.19. The molecule has 7 nitrogen and oxygen atoms in total. The molecule has 0 N–H and O–H groups in total. The van der Waals surface area contributed by atoms with E-state index in [1.165, 1.54) is 4.63 Å². The van der Waals surface area contributed by atoms with Gasteiger partial charge in [0.25, 0.3) is 0 Å². The van der Waals surface area contributed by atoms with Crippen molar-refractivity contribution in [2.75, 3.05) is 18.0 Å². The Bertz CT molecular complexity index is 530. The van der Waals surface area contributed by atoms with Crippen molar-refractivity contribution < 1.29 is 4.79 Å². The minimum atomic E-state index is 0.197. The summed E-state index contributed by atoms with van der Waals surface area (Å²) in [6, 6.07) is 3.75. The summed E-state index contributed by atoms with van der Waals surface area (Å²) < 4.78 is 1.42. The summed E-state index contributed by atoms with van der Waals surface area (Å²) in [5.74, 6) is 1.05. The van der Waals surface area contributed by atoms with Crippen LogP contribution in [-0.2, 0) is 4.79 Å². The zero-order valence-corrected chi connectivity index (χ0v) is 9.23. The highest BCUT2D eigenvalue weighted by Crippen LogP contribution is 2.20. The van der Waals surface area contributed by atoms with Crippen LogP contribution >= 0.6 is 0 Å². The van der Waals surface area contributed by atoms with Gasteiger partial charge in [-0.25, -0.2) is 0 Å². The fourth-order valence-corrected chi connectivity index (χ4v) is 2.07. The lowest BCUT2D eigenvalue weighted by atomic mass is 9.99. The van der Waals surface area contributed by atoms with E-state index in [9.17, 15) is 4.79 Å². The predicted octanol–water partition coefficient (Wildman–Crippen LogP) is -0.0654. The smallest absolute Gasteiger partial charge is 0.200 e. The Kier molecular flexibility index (Phi) is 2.43. The van der Waals surface area contributed by atoms with E-state index in [1.54, 1.807) is 0 Å². The van der Waals surface area contributed by atoms with E-state index in [0.29, 0.717) is 5.65 Å². The van der Waals surface area contributed by atoms with Gasteiger partial charge in [-0.15, -0.1) is 14.8 Å². The first-order chi connectivity index (χ1) is 8.36. The second kappa shape index (κ2) is 4.08. The Morgan fingerprint density at radius 3 is 2.88 bits per heavy atom. The molecular formula is C10H12N6O. The molecule has 0 saturated carbocycles. The average Bonchev–Trinajstić information content (AvgIpc) is 2.86. The summed E-state index contributed by atoms with van der Waals surface area (Å²) in [5, 5.41) is 15.4.